The first kappa shape index (κ1) is 15.9. The smallest absolute Gasteiger partial charge is 0.322 e. The van der Waals surface area contributed by atoms with Crippen molar-refractivity contribution in [2.24, 2.45) is 0 Å². The number of hydrogen-bond acceptors (Lipinski definition) is 4. The van der Waals surface area contributed by atoms with Gasteiger partial charge in [0.2, 0.25) is 10.0 Å². The van der Waals surface area contributed by atoms with Gasteiger partial charge in [-0.3, -0.25) is 4.79 Å². The van der Waals surface area contributed by atoms with Crippen LogP contribution in [-0.2, 0) is 14.8 Å². The van der Waals surface area contributed by atoms with Gasteiger partial charge in [0.05, 0.1) is 5.56 Å². The third kappa shape index (κ3) is 2.95. The van der Waals surface area contributed by atoms with Gasteiger partial charge in [-0.05, 0) is 47.3 Å². The Labute approximate surface area is 131 Å². The van der Waals surface area contributed by atoms with E-state index in [1.54, 1.807) is 6.07 Å². The van der Waals surface area contributed by atoms with Crippen LogP contribution in [0.15, 0.2) is 27.6 Å². The highest BCUT2D eigenvalue weighted by Crippen LogP contribution is 2.30. The predicted octanol–water partition coefficient (Wildman–Crippen LogP) is 1.95. The number of nitrogens with zero attached hydrogens (tertiary/aromatic N) is 2. The van der Waals surface area contributed by atoms with Crippen LogP contribution >= 0.6 is 15.9 Å². The zero-order chi connectivity index (χ0) is 15.6. The van der Waals surface area contributed by atoms with Crippen molar-refractivity contribution in [2.75, 3.05) is 6.54 Å². The van der Waals surface area contributed by atoms with Crippen molar-refractivity contribution >= 4 is 31.9 Å². The van der Waals surface area contributed by atoms with Crippen LogP contribution in [0, 0.1) is 11.3 Å². The summed E-state index contributed by atoms with van der Waals surface area (Å²) in [5.41, 5.74) is -0.00721. The molecule has 0 aromatic heterocycles. The van der Waals surface area contributed by atoms with Gasteiger partial charge in [0, 0.05) is 11.0 Å². The predicted molar refractivity (Wildman–Crippen MR) is 78.0 cm³/mol. The molecule has 0 saturated carbocycles. The Morgan fingerprint density at radius 2 is 2.14 bits per heavy atom. The molecule has 8 heteroatoms. The molecule has 1 N–H and O–H groups in total. The number of hydrogen-bond donors (Lipinski definition) is 1. The van der Waals surface area contributed by atoms with Crippen LogP contribution in [0.4, 0.5) is 0 Å². The number of carboxylic acids is 1. The number of benzene rings is 1. The fourth-order valence-electron chi connectivity index (χ4n) is 2.39. The largest absolute Gasteiger partial charge is 0.480 e. The highest BCUT2D eigenvalue weighted by molar-refractivity contribution is 9.10. The molecule has 0 bridgehead atoms. The first-order chi connectivity index (χ1) is 9.89. The molecule has 1 aliphatic rings. The average Bonchev–Trinajstić information content (AvgIpc) is 2.46. The van der Waals surface area contributed by atoms with Gasteiger partial charge in [0.15, 0.2) is 0 Å². The first-order valence-corrected chi connectivity index (χ1v) is 8.56. The highest BCUT2D eigenvalue weighted by atomic mass is 79.9. The number of carbonyl (C=O) groups is 1. The zero-order valence-corrected chi connectivity index (χ0v) is 13.4. The molecule has 0 amide bonds. The molecule has 112 valence electrons. The van der Waals surface area contributed by atoms with E-state index in [1.807, 2.05) is 6.07 Å². The summed E-state index contributed by atoms with van der Waals surface area (Å²) in [6, 6.07) is 5.19. The van der Waals surface area contributed by atoms with E-state index in [9.17, 15) is 18.3 Å². The average molecular weight is 373 g/mol. The molecule has 2 rings (SSSR count). The number of piperidine rings is 1. The van der Waals surface area contributed by atoms with Gasteiger partial charge in [-0.25, -0.2) is 8.42 Å². The van der Waals surface area contributed by atoms with Crippen LogP contribution in [0.5, 0.6) is 0 Å². The zero-order valence-electron chi connectivity index (χ0n) is 11.0. The standard InChI is InChI=1S/C13H13BrN2O4S/c14-10-4-3-6-12(9(10)8-15)21(19,20)16-7-2-1-5-11(16)13(17)18/h3-4,6,11H,1-2,5,7H2,(H,17,18). The molecule has 0 spiro atoms. The van der Waals surface area contributed by atoms with Crippen molar-refractivity contribution in [3.05, 3.63) is 28.2 Å². The Hall–Kier alpha value is -1.43. The van der Waals surface area contributed by atoms with E-state index >= 15 is 0 Å². The molecule has 0 aliphatic carbocycles. The molecule has 1 unspecified atom stereocenters. The summed E-state index contributed by atoms with van der Waals surface area (Å²) < 4.78 is 26.8. The molecule has 1 aromatic carbocycles. The first-order valence-electron chi connectivity index (χ1n) is 6.33. The quantitative estimate of drug-likeness (QED) is 0.873. The van der Waals surface area contributed by atoms with Crippen molar-refractivity contribution in [1.29, 1.82) is 5.26 Å². The number of nitriles is 1. The minimum absolute atomic E-state index is 0.00721. The molecule has 1 aliphatic heterocycles. The lowest BCUT2D eigenvalue weighted by Gasteiger charge is -2.32. The lowest BCUT2D eigenvalue weighted by Crippen LogP contribution is -2.48. The van der Waals surface area contributed by atoms with Gasteiger partial charge in [0.25, 0.3) is 0 Å². The van der Waals surface area contributed by atoms with Crippen LogP contribution in [0.25, 0.3) is 0 Å². The fourth-order valence-corrected chi connectivity index (χ4v) is 4.80. The summed E-state index contributed by atoms with van der Waals surface area (Å²) in [6.45, 7) is 0.149. The molecule has 6 nitrogen and oxygen atoms in total. The van der Waals surface area contributed by atoms with Gasteiger partial charge >= 0.3 is 5.97 Å². The van der Waals surface area contributed by atoms with Gasteiger partial charge in [-0.2, -0.15) is 9.57 Å². The molecular weight excluding hydrogens is 360 g/mol. The normalized spacial score (nSPS) is 19.9. The third-order valence-corrected chi connectivity index (χ3v) is 6.02. The summed E-state index contributed by atoms with van der Waals surface area (Å²) in [7, 11) is -4.02. The van der Waals surface area contributed by atoms with Gasteiger partial charge in [0.1, 0.15) is 17.0 Å². The Morgan fingerprint density at radius 3 is 2.76 bits per heavy atom. The molecule has 21 heavy (non-hydrogen) atoms. The van der Waals surface area contributed by atoms with E-state index in [2.05, 4.69) is 15.9 Å². The van der Waals surface area contributed by atoms with Crippen LogP contribution in [0.1, 0.15) is 24.8 Å². The minimum Gasteiger partial charge on any atom is -0.480 e. The summed E-state index contributed by atoms with van der Waals surface area (Å²) in [5.74, 6) is -1.16. The van der Waals surface area contributed by atoms with Gasteiger partial charge in [-0.1, -0.05) is 6.07 Å². The van der Waals surface area contributed by atoms with Crippen molar-refractivity contribution in [3.63, 3.8) is 0 Å². The fraction of sp³-hybridized carbons (Fsp3) is 0.385. The van der Waals surface area contributed by atoms with Crippen LogP contribution in [0.3, 0.4) is 0 Å². The third-order valence-electron chi connectivity index (χ3n) is 3.41. The second kappa shape index (κ2) is 6.13. The van der Waals surface area contributed by atoms with Crippen molar-refractivity contribution in [2.45, 2.75) is 30.2 Å². The number of aliphatic carboxylic acids is 1. The van der Waals surface area contributed by atoms with Crippen molar-refractivity contribution in [1.82, 2.24) is 4.31 Å². The maximum absolute atomic E-state index is 12.7. The number of halogens is 1. The van der Waals surface area contributed by atoms with Crippen molar-refractivity contribution < 1.29 is 18.3 Å². The Balaban J connectivity index is 2.54. The molecule has 0 radical (unpaired) electrons. The Morgan fingerprint density at radius 1 is 1.43 bits per heavy atom. The molecule has 1 heterocycles. The minimum atomic E-state index is -4.02. The Bertz CT molecular complexity index is 711. The van der Waals surface area contributed by atoms with E-state index in [0.717, 1.165) is 4.31 Å². The SMILES string of the molecule is N#Cc1c(Br)cccc1S(=O)(=O)N1CCCCC1C(=O)O. The summed E-state index contributed by atoms with van der Waals surface area (Å²) in [4.78, 5) is 11.1. The number of carboxylic acid groups (broad SMARTS) is 1. The van der Waals surface area contributed by atoms with E-state index in [0.29, 0.717) is 17.3 Å². The molecule has 1 fully saturated rings. The monoisotopic (exact) mass is 372 g/mol. The van der Waals surface area contributed by atoms with E-state index < -0.39 is 22.0 Å². The summed E-state index contributed by atoms with van der Waals surface area (Å²) in [5, 5.41) is 18.4. The summed E-state index contributed by atoms with van der Waals surface area (Å²) in [6.07, 6.45) is 1.57. The van der Waals surface area contributed by atoms with Gasteiger partial charge < -0.3 is 5.11 Å². The van der Waals surface area contributed by atoms with Crippen LogP contribution in [-0.4, -0.2) is 36.4 Å². The highest BCUT2D eigenvalue weighted by Gasteiger charge is 2.38. The number of sulfonamides is 1. The maximum Gasteiger partial charge on any atom is 0.322 e. The lowest BCUT2D eigenvalue weighted by molar-refractivity contribution is -0.142. The molecule has 1 atom stereocenters. The molecule has 1 aromatic rings. The van der Waals surface area contributed by atoms with Gasteiger partial charge in [-0.15, -0.1) is 0 Å². The topological polar surface area (TPSA) is 98.5 Å². The second-order valence-corrected chi connectivity index (χ2v) is 7.40. The van der Waals surface area contributed by atoms with Crippen LogP contribution in [0.2, 0.25) is 0 Å². The second-order valence-electron chi connectivity index (χ2n) is 4.69. The van der Waals surface area contributed by atoms with E-state index in [4.69, 9.17) is 5.26 Å². The molecule has 1 saturated heterocycles. The Kier molecular flexibility index (Phi) is 4.66. The van der Waals surface area contributed by atoms with Crippen LogP contribution < -0.4 is 0 Å². The molecular formula is C13H13BrN2O4S. The van der Waals surface area contributed by atoms with E-state index in [-0.39, 0.29) is 23.4 Å². The van der Waals surface area contributed by atoms with E-state index in [1.165, 1.54) is 12.1 Å². The number of rotatable bonds is 3. The summed E-state index contributed by atoms with van der Waals surface area (Å²) >= 11 is 3.15. The maximum atomic E-state index is 12.7. The lowest BCUT2D eigenvalue weighted by atomic mass is 10.1. The van der Waals surface area contributed by atoms with Crippen molar-refractivity contribution in [3.8, 4) is 6.07 Å².